The smallest absolute Gasteiger partial charge is 0.0216 e. The van der Waals surface area contributed by atoms with Crippen LogP contribution in [0.2, 0.25) is 0 Å². The molecule has 2 N–H and O–H groups in total. The second-order valence-corrected chi connectivity index (χ2v) is 3.98. The first-order valence-electron chi connectivity index (χ1n) is 3.54. The number of rotatable bonds is 1. The molecule has 0 heterocycles. The molecule has 1 aliphatic carbocycles. The third-order valence-electron chi connectivity index (χ3n) is 1.99. The van der Waals surface area contributed by atoms with Crippen LogP contribution in [0.25, 0.3) is 0 Å². The van der Waals surface area contributed by atoms with Crippen molar-refractivity contribution in [1.29, 1.82) is 0 Å². The molecule has 0 bridgehead atoms. The van der Waals surface area contributed by atoms with Gasteiger partial charge in [-0.05, 0) is 25.7 Å². The Labute approximate surface area is 63.3 Å². The van der Waals surface area contributed by atoms with Crippen LogP contribution in [-0.4, -0.2) is 20.1 Å². The molecule has 60 valence electrons. The highest BCUT2D eigenvalue weighted by Crippen LogP contribution is 2.20. The molecule has 10 heavy (non-hydrogen) atoms. The Morgan fingerprint density at radius 3 is 2.20 bits per heavy atom. The summed E-state index contributed by atoms with van der Waals surface area (Å²) in [6.07, 6.45) is 3.21. The van der Waals surface area contributed by atoms with Crippen molar-refractivity contribution in [2.45, 2.75) is 37.0 Å². The SMILES string of the molecule is NC1CCC(S(=O)[O-])CC1. The predicted octanol–water partition coefficient (Wildman–Crippen LogP) is 0.135. The average Bonchev–Trinajstić information content (AvgIpc) is 1.88. The van der Waals surface area contributed by atoms with Gasteiger partial charge in [0.25, 0.3) is 0 Å². The van der Waals surface area contributed by atoms with E-state index in [4.69, 9.17) is 5.73 Å². The summed E-state index contributed by atoms with van der Waals surface area (Å²) >= 11 is -1.87. The third-order valence-corrected chi connectivity index (χ3v) is 3.01. The van der Waals surface area contributed by atoms with E-state index in [0.29, 0.717) is 0 Å². The molecule has 1 unspecified atom stereocenters. The fraction of sp³-hybridized carbons (Fsp3) is 1.00. The zero-order valence-electron chi connectivity index (χ0n) is 5.79. The Kier molecular flexibility index (Phi) is 2.82. The summed E-state index contributed by atoms with van der Waals surface area (Å²) in [6, 6.07) is 0.236. The van der Waals surface area contributed by atoms with E-state index in [1.807, 2.05) is 0 Å². The van der Waals surface area contributed by atoms with Crippen molar-refractivity contribution in [3.05, 3.63) is 0 Å². The minimum Gasteiger partial charge on any atom is -0.772 e. The first-order chi connectivity index (χ1) is 4.70. The van der Waals surface area contributed by atoms with Gasteiger partial charge in [-0.1, -0.05) is 11.1 Å². The maximum absolute atomic E-state index is 10.4. The maximum Gasteiger partial charge on any atom is 0.0216 e. The van der Waals surface area contributed by atoms with Crippen LogP contribution in [0.4, 0.5) is 0 Å². The summed E-state index contributed by atoms with van der Waals surface area (Å²) in [4.78, 5) is 0. The molecule has 0 aromatic rings. The molecule has 0 aromatic heterocycles. The fourth-order valence-corrected chi connectivity index (χ4v) is 1.94. The lowest BCUT2D eigenvalue weighted by Gasteiger charge is -2.27. The Bertz CT molecular complexity index is 132. The Morgan fingerprint density at radius 1 is 1.30 bits per heavy atom. The van der Waals surface area contributed by atoms with Crippen molar-refractivity contribution in [3.63, 3.8) is 0 Å². The zero-order valence-corrected chi connectivity index (χ0v) is 6.60. The predicted molar refractivity (Wildman–Crippen MR) is 39.2 cm³/mol. The van der Waals surface area contributed by atoms with Crippen LogP contribution in [0, 0.1) is 0 Å². The molecule has 4 heteroatoms. The highest BCUT2D eigenvalue weighted by atomic mass is 32.2. The average molecular weight is 162 g/mol. The van der Waals surface area contributed by atoms with Crippen molar-refractivity contribution < 1.29 is 8.76 Å². The molecule has 1 aliphatic rings. The van der Waals surface area contributed by atoms with Crippen LogP contribution < -0.4 is 5.73 Å². The van der Waals surface area contributed by atoms with Gasteiger partial charge in [0.15, 0.2) is 0 Å². The number of hydrogen-bond acceptors (Lipinski definition) is 3. The van der Waals surface area contributed by atoms with Gasteiger partial charge in [0.05, 0.1) is 0 Å². The Hall–Kier alpha value is 0.0700. The Morgan fingerprint density at radius 2 is 1.80 bits per heavy atom. The summed E-state index contributed by atoms with van der Waals surface area (Å²) < 4.78 is 20.8. The van der Waals surface area contributed by atoms with E-state index in [9.17, 15) is 8.76 Å². The first-order valence-corrected chi connectivity index (χ1v) is 4.67. The van der Waals surface area contributed by atoms with Crippen LogP contribution >= 0.6 is 0 Å². The van der Waals surface area contributed by atoms with E-state index in [2.05, 4.69) is 0 Å². The van der Waals surface area contributed by atoms with Crippen molar-refractivity contribution in [2.24, 2.45) is 5.73 Å². The molecule has 0 spiro atoms. The normalized spacial score (nSPS) is 37.4. The van der Waals surface area contributed by atoms with Gasteiger partial charge < -0.3 is 10.3 Å². The van der Waals surface area contributed by atoms with E-state index < -0.39 is 11.1 Å². The molecular weight excluding hydrogens is 150 g/mol. The van der Waals surface area contributed by atoms with Crippen molar-refractivity contribution in [3.8, 4) is 0 Å². The van der Waals surface area contributed by atoms with E-state index in [1.165, 1.54) is 0 Å². The molecule has 0 saturated heterocycles. The van der Waals surface area contributed by atoms with Crippen molar-refractivity contribution in [1.82, 2.24) is 0 Å². The second-order valence-electron chi connectivity index (χ2n) is 2.80. The van der Waals surface area contributed by atoms with Gasteiger partial charge in [0.1, 0.15) is 0 Å². The molecule has 0 amide bonds. The summed E-state index contributed by atoms with van der Waals surface area (Å²) in [7, 11) is 0. The summed E-state index contributed by atoms with van der Waals surface area (Å²) in [5.41, 5.74) is 5.60. The van der Waals surface area contributed by atoms with E-state index in [1.54, 1.807) is 0 Å². The minimum absolute atomic E-state index is 0.125. The molecule has 1 atom stereocenters. The van der Waals surface area contributed by atoms with Crippen LogP contribution in [0.5, 0.6) is 0 Å². The van der Waals surface area contributed by atoms with Gasteiger partial charge >= 0.3 is 0 Å². The van der Waals surface area contributed by atoms with Gasteiger partial charge in [-0.15, -0.1) is 0 Å². The van der Waals surface area contributed by atoms with Gasteiger partial charge in [-0.2, -0.15) is 0 Å². The van der Waals surface area contributed by atoms with E-state index in [-0.39, 0.29) is 11.3 Å². The van der Waals surface area contributed by atoms with Crippen LogP contribution in [0.3, 0.4) is 0 Å². The number of nitrogens with two attached hydrogens (primary N) is 1. The fourth-order valence-electron chi connectivity index (χ4n) is 1.28. The molecule has 0 aliphatic heterocycles. The number of hydrogen-bond donors (Lipinski definition) is 1. The standard InChI is InChI=1S/C6H13NO2S/c7-5-1-3-6(4-2-5)10(8)9/h5-6H,1-4,7H2,(H,8,9)/p-1. The molecule has 3 nitrogen and oxygen atoms in total. The van der Waals surface area contributed by atoms with Crippen LogP contribution in [-0.2, 0) is 11.1 Å². The van der Waals surface area contributed by atoms with Crippen LogP contribution in [0.1, 0.15) is 25.7 Å². The van der Waals surface area contributed by atoms with Gasteiger partial charge in [0.2, 0.25) is 0 Å². The molecule has 0 radical (unpaired) electrons. The Balaban J connectivity index is 2.33. The quantitative estimate of drug-likeness (QED) is 0.557. The highest BCUT2D eigenvalue weighted by Gasteiger charge is 2.18. The lowest BCUT2D eigenvalue weighted by molar-refractivity contribution is 0.423. The highest BCUT2D eigenvalue weighted by molar-refractivity contribution is 7.79. The maximum atomic E-state index is 10.4. The first kappa shape index (κ1) is 8.17. The second kappa shape index (κ2) is 3.46. The lowest BCUT2D eigenvalue weighted by Crippen LogP contribution is -2.30. The summed E-state index contributed by atoms with van der Waals surface area (Å²) in [5.74, 6) is 0. The molecule has 1 fully saturated rings. The van der Waals surface area contributed by atoms with E-state index >= 15 is 0 Å². The van der Waals surface area contributed by atoms with Crippen LogP contribution in [0.15, 0.2) is 0 Å². The summed E-state index contributed by atoms with van der Waals surface area (Å²) in [5, 5.41) is -0.125. The topological polar surface area (TPSA) is 66.2 Å². The van der Waals surface area contributed by atoms with Gasteiger partial charge in [0, 0.05) is 11.3 Å². The monoisotopic (exact) mass is 162 g/mol. The molecule has 1 saturated carbocycles. The third kappa shape index (κ3) is 2.04. The van der Waals surface area contributed by atoms with Gasteiger partial charge in [-0.3, -0.25) is 4.21 Å². The lowest BCUT2D eigenvalue weighted by atomic mass is 9.96. The van der Waals surface area contributed by atoms with Crippen molar-refractivity contribution >= 4 is 11.1 Å². The van der Waals surface area contributed by atoms with Crippen molar-refractivity contribution in [2.75, 3.05) is 0 Å². The molecular formula is C6H12NO2S-. The minimum atomic E-state index is -1.87. The largest absolute Gasteiger partial charge is 0.772 e. The summed E-state index contributed by atoms with van der Waals surface area (Å²) in [6.45, 7) is 0. The van der Waals surface area contributed by atoms with Gasteiger partial charge in [-0.25, -0.2) is 0 Å². The molecule has 1 rings (SSSR count). The zero-order chi connectivity index (χ0) is 7.56. The molecule has 0 aromatic carbocycles. The van der Waals surface area contributed by atoms with E-state index in [0.717, 1.165) is 25.7 Å².